The highest BCUT2D eigenvalue weighted by Crippen LogP contribution is 2.42. The molecule has 0 aromatic carbocycles. The molecule has 0 fully saturated rings. The van der Waals surface area contributed by atoms with Gasteiger partial charge in [0.05, 0.1) is 31.7 Å². The van der Waals surface area contributed by atoms with Gasteiger partial charge in [0, 0.05) is 6.54 Å². The van der Waals surface area contributed by atoms with Gasteiger partial charge in [-0.2, -0.15) is 0 Å². The largest absolute Gasteiger partial charge is 0.510 e. The molecule has 0 saturated heterocycles. The number of aromatic nitrogens is 4. The van der Waals surface area contributed by atoms with E-state index < -0.39 is 33.0 Å². The van der Waals surface area contributed by atoms with Gasteiger partial charge in [-0.05, 0) is 20.8 Å². The van der Waals surface area contributed by atoms with E-state index in [1.54, 1.807) is 31.7 Å². The number of hydrogen-bond donors (Lipinski definition) is 3. The SMILES string of the molecule is CC(C)OC(=O)OCOP(=O)(O)CO[C@H](C)Cn1cnc2c(NCCO)ncnc21. The Morgan fingerprint density at radius 3 is 2.77 bits per heavy atom. The van der Waals surface area contributed by atoms with Crippen molar-refractivity contribution >= 4 is 30.7 Å². The van der Waals surface area contributed by atoms with Crippen LogP contribution in [0.5, 0.6) is 0 Å². The highest BCUT2D eigenvalue weighted by molar-refractivity contribution is 7.52. The van der Waals surface area contributed by atoms with Gasteiger partial charge in [0.25, 0.3) is 0 Å². The maximum Gasteiger partial charge on any atom is 0.510 e. The van der Waals surface area contributed by atoms with Crippen LogP contribution in [0, 0.1) is 0 Å². The average Bonchev–Trinajstić information content (AvgIpc) is 3.07. The van der Waals surface area contributed by atoms with Crippen LogP contribution in [0.3, 0.4) is 0 Å². The third-order valence-corrected chi connectivity index (χ3v) is 4.53. The number of aliphatic hydroxyl groups excluding tert-OH is 1. The summed E-state index contributed by atoms with van der Waals surface area (Å²) in [6.07, 6.45) is 0.455. The normalized spacial score (nSPS) is 14.5. The van der Waals surface area contributed by atoms with Crippen molar-refractivity contribution in [2.24, 2.45) is 0 Å². The molecule has 0 aliphatic carbocycles. The van der Waals surface area contributed by atoms with Gasteiger partial charge in [-0.15, -0.1) is 0 Å². The summed E-state index contributed by atoms with van der Waals surface area (Å²) in [4.78, 5) is 33.5. The number of imidazole rings is 1. The van der Waals surface area contributed by atoms with Gasteiger partial charge in [-0.3, -0.25) is 9.09 Å². The molecule has 0 radical (unpaired) electrons. The van der Waals surface area contributed by atoms with Gasteiger partial charge in [-0.1, -0.05) is 0 Å². The van der Waals surface area contributed by atoms with Crippen LogP contribution in [-0.4, -0.2) is 74.2 Å². The number of carbonyl (C=O) groups excluding carboxylic acids is 1. The van der Waals surface area contributed by atoms with Crippen molar-refractivity contribution in [3.63, 3.8) is 0 Å². The maximum absolute atomic E-state index is 12.0. The first kappa shape index (κ1) is 24.0. The van der Waals surface area contributed by atoms with Crippen molar-refractivity contribution in [2.45, 2.75) is 39.5 Å². The summed E-state index contributed by atoms with van der Waals surface area (Å²) in [7, 11) is -4.13. The summed E-state index contributed by atoms with van der Waals surface area (Å²) in [5.74, 6) is 0.491. The van der Waals surface area contributed by atoms with E-state index >= 15 is 0 Å². The molecule has 0 spiro atoms. The summed E-state index contributed by atoms with van der Waals surface area (Å²) in [5, 5.41) is 11.9. The van der Waals surface area contributed by atoms with Crippen LogP contribution in [0.4, 0.5) is 10.6 Å². The summed E-state index contributed by atoms with van der Waals surface area (Å²) >= 11 is 0. The Kier molecular flexibility index (Phi) is 8.93. The van der Waals surface area contributed by atoms with Crippen molar-refractivity contribution in [2.75, 3.05) is 31.6 Å². The summed E-state index contributed by atoms with van der Waals surface area (Å²) in [6, 6.07) is 0. The molecule has 0 aliphatic heterocycles. The Morgan fingerprint density at radius 1 is 1.30 bits per heavy atom. The van der Waals surface area contributed by atoms with E-state index in [2.05, 4.69) is 29.5 Å². The zero-order valence-corrected chi connectivity index (χ0v) is 17.8. The zero-order chi connectivity index (χ0) is 22.1. The Labute approximate surface area is 172 Å². The number of nitrogens with one attached hydrogen (secondary N) is 1. The lowest BCUT2D eigenvalue weighted by atomic mass is 10.4. The fraction of sp³-hybridized carbons (Fsp3) is 0.625. The monoisotopic (exact) mass is 447 g/mol. The average molecular weight is 447 g/mol. The number of nitrogens with zero attached hydrogens (tertiary/aromatic N) is 4. The summed E-state index contributed by atoms with van der Waals surface area (Å²) in [6.45, 7) is 4.81. The van der Waals surface area contributed by atoms with Crippen molar-refractivity contribution in [1.82, 2.24) is 19.5 Å². The minimum absolute atomic E-state index is 0.0513. The first-order valence-electron chi connectivity index (χ1n) is 9.13. The Morgan fingerprint density at radius 2 is 2.07 bits per heavy atom. The van der Waals surface area contributed by atoms with Crippen LogP contribution >= 0.6 is 7.60 Å². The van der Waals surface area contributed by atoms with Crippen molar-refractivity contribution < 1.29 is 38.1 Å². The van der Waals surface area contributed by atoms with E-state index in [0.29, 0.717) is 30.1 Å². The quantitative estimate of drug-likeness (QED) is 0.243. The van der Waals surface area contributed by atoms with Crippen molar-refractivity contribution in [3.8, 4) is 0 Å². The van der Waals surface area contributed by atoms with Crippen LogP contribution in [0.25, 0.3) is 11.2 Å². The second-order valence-corrected chi connectivity index (χ2v) is 8.28. The number of anilines is 1. The lowest BCUT2D eigenvalue weighted by Crippen LogP contribution is -2.18. The number of ether oxygens (including phenoxy) is 3. The first-order chi connectivity index (χ1) is 14.2. The molecule has 1 unspecified atom stereocenters. The third kappa shape index (κ3) is 7.50. The molecule has 2 heterocycles. The van der Waals surface area contributed by atoms with E-state index in [9.17, 15) is 14.3 Å². The minimum atomic E-state index is -4.13. The molecule has 0 bridgehead atoms. The van der Waals surface area contributed by atoms with Crippen molar-refractivity contribution in [1.29, 1.82) is 0 Å². The van der Waals surface area contributed by atoms with E-state index in [0.717, 1.165) is 0 Å². The summed E-state index contributed by atoms with van der Waals surface area (Å²) < 4.78 is 33.0. The number of aliphatic hydroxyl groups is 1. The lowest BCUT2D eigenvalue weighted by Gasteiger charge is -2.17. The van der Waals surface area contributed by atoms with E-state index in [-0.39, 0.29) is 12.7 Å². The molecule has 3 N–H and O–H groups in total. The third-order valence-electron chi connectivity index (χ3n) is 3.54. The highest BCUT2D eigenvalue weighted by Gasteiger charge is 2.23. The first-order valence-corrected chi connectivity index (χ1v) is 10.9. The molecular weight excluding hydrogens is 421 g/mol. The molecule has 168 valence electrons. The molecule has 14 heteroatoms. The van der Waals surface area contributed by atoms with Gasteiger partial charge in [-0.25, -0.2) is 19.7 Å². The van der Waals surface area contributed by atoms with Crippen LogP contribution in [-0.2, 0) is 29.8 Å². The molecule has 13 nitrogen and oxygen atoms in total. The predicted octanol–water partition coefficient (Wildman–Crippen LogP) is 1.31. The molecule has 2 aromatic heterocycles. The van der Waals surface area contributed by atoms with Crippen LogP contribution in [0.1, 0.15) is 20.8 Å². The van der Waals surface area contributed by atoms with Gasteiger partial charge in [0.15, 0.2) is 11.5 Å². The van der Waals surface area contributed by atoms with Gasteiger partial charge in [0.1, 0.15) is 18.2 Å². The smallest absolute Gasteiger partial charge is 0.432 e. The van der Waals surface area contributed by atoms with Crippen LogP contribution in [0.2, 0.25) is 0 Å². The number of hydrogen-bond acceptors (Lipinski definition) is 11. The Bertz CT molecular complexity index is 876. The van der Waals surface area contributed by atoms with Gasteiger partial charge >= 0.3 is 13.8 Å². The Balaban J connectivity index is 1.84. The second-order valence-electron chi connectivity index (χ2n) is 6.49. The van der Waals surface area contributed by atoms with Crippen LogP contribution < -0.4 is 5.32 Å². The van der Waals surface area contributed by atoms with Gasteiger partial charge < -0.3 is 34.1 Å². The van der Waals surface area contributed by atoms with Gasteiger partial charge in [0.2, 0.25) is 6.79 Å². The van der Waals surface area contributed by atoms with Crippen molar-refractivity contribution in [3.05, 3.63) is 12.7 Å². The molecule has 2 aromatic rings. The molecule has 0 saturated carbocycles. The Hall–Kier alpha value is -2.31. The molecule has 0 amide bonds. The zero-order valence-electron chi connectivity index (χ0n) is 16.9. The molecule has 2 atom stereocenters. The fourth-order valence-electron chi connectivity index (χ4n) is 2.29. The second kappa shape index (κ2) is 11.2. The van der Waals surface area contributed by atoms with E-state index in [1.165, 1.54) is 6.33 Å². The lowest BCUT2D eigenvalue weighted by molar-refractivity contribution is -0.0152. The maximum atomic E-state index is 12.0. The number of fused-ring (bicyclic) bond motifs is 1. The minimum Gasteiger partial charge on any atom is -0.432 e. The number of carbonyl (C=O) groups is 1. The van der Waals surface area contributed by atoms with E-state index in [4.69, 9.17) is 14.6 Å². The highest BCUT2D eigenvalue weighted by atomic mass is 31.2. The van der Waals surface area contributed by atoms with E-state index in [1.807, 2.05) is 0 Å². The number of rotatable bonds is 12. The molecule has 0 aliphatic rings. The summed E-state index contributed by atoms with van der Waals surface area (Å²) in [5.41, 5.74) is 1.07. The molecule has 2 rings (SSSR count). The molecule has 30 heavy (non-hydrogen) atoms. The molecular formula is C16H26N5O8P. The van der Waals surface area contributed by atoms with Crippen LogP contribution in [0.15, 0.2) is 12.7 Å². The standard InChI is InChI=1S/C16H26N5O8P/c1-11(2)29-16(23)26-9-28-30(24,25)10-27-12(3)6-21-8-20-13-14(17-4-5-22)18-7-19-15(13)21/h7-8,11-12,22H,4-6,9-10H2,1-3H3,(H,24,25)(H,17,18,19)/t12-/m1/s1. The topological polar surface area (TPSA) is 167 Å². The predicted molar refractivity (Wildman–Crippen MR) is 105 cm³/mol. The fourth-order valence-corrected chi connectivity index (χ4v) is 3.02.